The van der Waals surface area contributed by atoms with Crippen LogP contribution >= 0.6 is 0 Å². The van der Waals surface area contributed by atoms with Gasteiger partial charge in [0.1, 0.15) is 12.3 Å². The summed E-state index contributed by atoms with van der Waals surface area (Å²) >= 11 is 0. The molecule has 2 rings (SSSR count). The number of carbonyl (C=O) groups is 2. The molecule has 0 aromatic carbocycles. The van der Waals surface area contributed by atoms with Crippen molar-refractivity contribution in [1.82, 2.24) is 15.1 Å². The fraction of sp³-hybridized carbons (Fsp3) is 0.538. The van der Waals surface area contributed by atoms with Crippen molar-refractivity contribution >= 4 is 11.9 Å². The smallest absolute Gasteiger partial charge is 0.405 e. The third-order valence-electron chi connectivity index (χ3n) is 3.25. The van der Waals surface area contributed by atoms with Crippen LogP contribution in [0.15, 0.2) is 16.5 Å². The molecule has 0 radical (unpaired) electrons. The highest BCUT2D eigenvalue weighted by atomic mass is 19.4. The van der Waals surface area contributed by atoms with Crippen LogP contribution in [0, 0.1) is 6.92 Å². The topological polar surface area (TPSA) is 65.8 Å². The fourth-order valence-corrected chi connectivity index (χ4v) is 2.11. The molecule has 1 aromatic rings. The first-order valence-electron chi connectivity index (χ1n) is 6.71. The molecule has 6 nitrogen and oxygen atoms in total. The van der Waals surface area contributed by atoms with Crippen LogP contribution in [0.5, 0.6) is 0 Å². The van der Waals surface area contributed by atoms with Gasteiger partial charge in [0.2, 0.25) is 0 Å². The number of rotatable bonds is 2. The molecule has 122 valence electrons. The van der Waals surface area contributed by atoms with Gasteiger partial charge in [0.05, 0.1) is 0 Å². The normalized spacial score (nSPS) is 15.8. The summed E-state index contributed by atoms with van der Waals surface area (Å²) in [5.41, 5.74) is 0. The van der Waals surface area contributed by atoms with E-state index in [1.165, 1.54) is 9.80 Å². The fourth-order valence-electron chi connectivity index (χ4n) is 2.11. The van der Waals surface area contributed by atoms with Crippen LogP contribution in [0.4, 0.5) is 18.0 Å². The minimum Gasteiger partial charge on any atom is -0.456 e. The van der Waals surface area contributed by atoms with E-state index in [4.69, 9.17) is 4.42 Å². The van der Waals surface area contributed by atoms with Crippen molar-refractivity contribution in [3.05, 3.63) is 23.7 Å². The number of nitrogens with one attached hydrogen (secondary N) is 1. The highest BCUT2D eigenvalue weighted by molar-refractivity contribution is 5.91. The van der Waals surface area contributed by atoms with Gasteiger partial charge >= 0.3 is 12.2 Å². The Bertz CT molecular complexity index is 548. The number of carbonyl (C=O) groups excluding carboxylic acids is 2. The summed E-state index contributed by atoms with van der Waals surface area (Å²) in [4.78, 5) is 26.5. The number of amides is 3. The largest absolute Gasteiger partial charge is 0.456 e. The molecule has 2 heterocycles. The third-order valence-corrected chi connectivity index (χ3v) is 3.25. The highest BCUT2D eigenvalue weighted by Crippen LogP contribution is 2.14. The summed E-state index contributed by atoms with van der Waals surface area (Å²) in [6.45, 7) is 1.20. The SMILES string of the molecule is Cc1ccc(C(=O)N2CCN(C(=O)NCC(F)(F)F)CC2)o1. The number of hydrogen-bond acceptors (Lipinski definition) is 3. The van der Waals surface area contributed by atoms with Crippen LogP contribution in [0.25, 0.3) is 0 Å². The number of aryl methyl sites for hydroxylation is 1. The molecule has 0 atom stereocenters. The van der Waals surface area contributed by atoms with Gasteiger partial charge in [-0.2, -0.15) is 13.2 Å². The van der Waals surface area contributed by atoms with E-state index in [9.17, 15) is 22.8 Å². The van der Waals surface area contributed by atoms with Crippen molar-refractivity contribution in [2.24, 2.45) is 0 Å². The molecule has 0 aliphatic carbocycles. The van der Waals surface area contributed by atoms with Crippen molar-refractivity contribution in [3.8, 4) is 0 Å². The Morgan fingerprint density at radius 2 is 1.77 bits per heavy atom. The Hall–Kier alpha value is -2.19. The van der Waals surface area contributed by atoms with Gasteiger partial charge in [-0.05, 0) is 19.1 Å². The number of halogens is 3. The second-order valence-corrected chi connectivity index (χ2v) is 4.96. The van der Waals surface area contributed by atoms with Crippen molar-refractivity contribution in [2.45, 2.75) is 13.1 Å². The summed E-state index contributed by atoms with van der Waals surface area (Å²) in [7, 11) is 0. The van der Waals surface area contributed by atoms with Crippen molar-refractivity contribution < 1.29 is 27.2 Å². The van der Waals surface area contributed by atoms with Crippen LogP contribution in [0.2, 0.25) is 0 Å². The predicted octanol–water partition coefficient (Wildman–Crippen LogP) is 1.62. The van der Waals surface area contributed by atoms with Crippen molar-refractivity contribution in [3.63, 3.8) is 0 Å². The van der Waals surface area contributed by atoms with Gasteiger partial charge in [-0.3, -0.25) is 4.79 Å². The monoisotopic (exact) mass is 319 g/mol. The molecule has 0 spiro atoms. The molecular weight excluding hydrogens is 303 g/mol. The van der Waals surface area contributed by atoms with Crippen molar-refractivity contribution in [2.75, 3.05) is 32.7 Å². The zero-order chi connectivity index (χ0) is 16.3. The number of nitrogens with zero attached hydrogens (tertiary/aromatic N) is 2. The summed E-state index contributed by atoms with van der Waals surface area (Å²) in [5.74, 6) is 0.546. The second kappa shape index (κ2) is 6.29. The highest BCUT2D eigenvalue weighted by Gasteiger charge is 2.30. The van der Waals surface area contributed by atoms with Gasteiger partial charge in [0.25, 0.3) is 5.91 Å². The van der Waals surface area contributed by atoms with E-state index < -0.39 is 18.8 Å². The van der Waals surface area contributed by atoms with E-state index >= 15 is 0 Å². The van der Waals surface area contributed by atoms with Crippen LogP contribution in [-0.4, -0.2) is 60.6 Å². The molecule has 1 aromatic heterocycles. The van der Waals surface area contributed by atoms with Crippen LogP contribution < -0.4 is 5.32 Å². The molecule has 9 heteroatoms. The Labute approximate surface area is 124 Å². The summed E-state index contributed by atoms with van der Waals surface area (Å²) in [6.07, 6.45) is -4.44. The average Bonchev–Trinajstić information content (AvgIpc) is 2.90. The van der Waals surface area contributed by atoms with E-state index in [-0.39, 0.29) is 37.8 Å². The lowest BCUT2D eigenvalue weighted by Gasteiger charge is -2.34. The lowest BCUT2D eigenvalue weighted by molar-refractivity contribution is -0.123. The predicted molar refractivity (Wildman–Crippen MR) is 70.4 cm³/mol. The Morgan fingerprint density at radius 3 is 2.27 bits per heavy atom. The second-order valence-electron chi connectivity index (χ2n) is 4.96. The van der Waals surface area contributed by atoms with Gasteiger partial charge in [0.15, 0.2) is 5.76 Å². The van der Waals surface area contributed by atoms with E-state index in [0.29, 0.717) is 5.76 Å². The van der Waals surface area contributed by atoms with Gasteiger partial charge in [-0.25, -0.2) is 4.79 Å². The van der Waals surface area contributed by atoms with Crippen molar-refractivity contribution in [1.29, 1.82) is 0 Å². The zero-order valence-electron chi connectivity index (χ0n) is 11.9. The van der Waals surface area contributed by atoms with E-state index in [0.717, 1.165) is 0 Å². The first-order chi connectivity index (χ1) is 10.3. The Morgan fingerprint density at radius 1 is 1.18 bits per heavy atom. The molecule has 1 aliphatic heterocycles. The quantitative estimate of drug-likeness (QED) is 0.901. The van der Waals surface area contributed by atoms with Gasteiger partial charge < -0.3 is 19.5 Å². The summed E-state index contributed by atoms with van der Waals surface area (Å²) < 4.78 is 41.4. The van der Waals surface area contributed by atoms with Crippen LogP contribution in [0.1, 0.15) is 16.3 Å². The number of hydrogen-bond donors (Lipinski definition) is 1. The maximum atomic E-state index is 12.1. The lowest BCUT2D eigenvalue weighted by atomic mass is 10.3. The minimum absolute atomic E-state index is 0.176. The Balaban J connectivity index is 1.82. The maximum Gasteiger partial charge on any atom is 0.405 e. The first kappa shape index (κ1) is 16.2. The Kier molecular flexibility index (Phi) is 4.62. The van der Waals surface area contributed by atoms with E-state index in [2.05, 4.69) is 0 Å². The molecule has 22 heavy (non-hydrogen) atoms. The van der Waals surface area contributed by atoms with E-state index in [1.54, 1.807) is 19.1 Å². The molecule has 0 unspecified atom stereocenters. The molecule has 1 saturated heterocycles. The summed E-state index contributed by atoms with van der Waals surface area (Å²) in [5, 5.41) is 1.81. The average molecular weight is 319 g/mol. The van der Waals surface area contributed by atoms with Gasteiger partial charge in [-0.1, -0.05) is 0 Å². The maximum absolute atomic E-state index is 12.1. The van der Waals surface area contributed by atoms with Gasteiger partial charge in [0, 0.05) is 26.2 Å². The van der Waals surface area contributed by atoms with Crippen LogP contribution in [0.3, 0.4) is 0 Å². The molecule has 1 N–H and O–H groups in total. The molecular formula is C13H16F3N3O3. The zero-order valence-corrected chi connectivity index (χ0v) is 11.9. The lowest BCUT2D eigenvalue weighted by Crippen LogP contribution is -2.54. The number of furan rings is 1. The van der Waals surface area contributed by atoms with Crippen LogP contribution in [-0.2, 0) is 0 Å². The third kappa shape index (κ3) is 4.15. The first-order valence-corrected chi connectivity index (χ1v) is 6.71. The molecule has 3 amide bonds. The number of alkyl halides is 3. The molecule has 0 saturated carbocycles. The van der Waals surface area contributed by atoms with E-state index in [1.807, 2.05) is 5.32 Å². The number of piperazine rings is 1. The summed E-state index contributed by atoms with van der Waals surface area (Å²) in [6, 6.07) is 2.46. The standard InChI is InChI=1S/C13H16F3N3O3/c1-9-2-3-10(22-9)11(20)18-4-6-19(7-5-18)12(21)17-8-13(14,15)16/h2-3H,4-8H2,1H3,(H,17,21). The van der Waals surface area contributed by atoms with Gasteiger partial charge in [-0.15, -0.1) is 0 Å². The number of urea groups is 1. The minimum atomic E-state index is -4.44. The molecule has 1 fully saturated rings. The molecule has 0 bridgehead atoms. The molecule has 1 aliphatic rings.